The Hall–Kier alpha value is -0.100. The molecule has 1 rings (SSSR count). The summed E-state index contributed by atoms with van der Waals surface area (Å²) in [7, 11) is 0. The molecule has 0 fully saturated rings. The van der Waals surface area contributed by atoms with E-state index in [0.717, 1.165) is 0 Å². The Kier molecular flexibility index (Phi) is 2.99. The summed E-state index contributed by atoms with van der Waals surface area (Å²) in [5.41, 5.74) is 0. The van der Waals surface area contributed by atoms with Crippen LogP contribution in [0.25, 0.3) is 0 Å². The maximum absolute atomic E-state index is 5.13. The molecule has 0 aromatic carbocycles. The van der Waals surface area contributed by atoms with E-state index in [1.54, 1.807) is 12.5 Å². The fraction of sp³-hybridized carbons (Fsp3) is 0.400. The number of aromatic nitrogens is 1. The summed E-state index contributed by atoms with van der Waals surface area (Å²) in [6, 6.07) is 0. The van der Waals surface area contributed by atoms with Crippen molar-refractivity contribution in [2.24, 2.45) is 0 Å². The van der Waals surface area contributed by atoms with Gasteiger partial charge in [0, 0.05) is 0 Å². The van der Waals surface area contributed by atoms with Crippen molar-refractivity contribution < 1.29 is 29.1 Å². The Labute approximate surface area is 64.2 Å². The number of hydrogen-bond acceptors (Lipinski definition) is 3. The second kappa shape index (κ2) is 3.84. The van der Waals surface area contributed by atoms with Crippen LogP contribution in [0.3, 0.4) is 0 Å². The predicted octanol–water partition coefficient (Wildman–Crippen LogP) is -2.17. The van der Waals surface area contributed by atoms with Crippen LogP contribution in [0.4, 0.5) is 0 Å². The van der Waals surface area contributed by atoms with Gasteiger partial charge >= 0.3 is 64.0 Å². The molecular formula is C5H7INO2-. The molecular weight excluding hydrogens is 233 g/mol. The standard InChI is InChI=1S/C5H7INO2/c1-6-9-4-5-7-2-3-8-5/h2-3H,4H2,1H3/q-1. The van der Waals surface area contributed by atoms with Crippen molar-refractivity contribution in [3.8, 4) is 0 Å². The molecule has 0 radical (unpaired) electrons. The third-order valence-electron chi connectivity index (χ3n) is 0.771. The van der Waals surface area contributed by atoms with Gasteiger partial charge in [-0.3, -0.25) is 0 Å². The van der Waals surface area contributed by atoms with Gasteiger partial charge in [0.1, 0.15) is 0 Å². The summed E-state index contributed by atoms with van der Waals surface area (Å²) in [4.78, 5) is 5.92. The first kappa shape index (κ1) is 7.01. The van der Waals surface area contributed by atoms with Crippen LogP contribution in [0.1, 0.15) is 5.89 Å². The van der Waals surface area contributed by atoms with E-state index in [-0.39, 0.29) is 21.6 Å². The first-order chi connectivity index (χ1) is 4.43. The van der Waals surface area contributed by atoms with Gasteiger partial charge in [-0.15, -0.1) is 0 Å². The van der Waals surface area contributed by atoms with Crippen LogP contribution >= 0.6 is 0 Å². The molecule has 0 N–H and O–H groups in total. The molecule has 0 bridgehead atoms. The van der Waals surface area contributed by atoms with Crippen LogP contribution in [-0.2, 0) is 9.67 Å². The van der Waals surface area contributed by atoms with Crippen molar-refractivity contribution in [3.05, 3.63) is 18.4 Å². The average Bonchev–Trinajstić information content (AvgIpc) is 2.34. The zero-order valence-corrected chi connectivity index (χ0v) is 7.16. The van der Waals surface area contributed by atoms with Gasteiger partial charge in [0.2, 0.25) is 0 Å². The van der Waals surface area contributed by atoms with Crippen LogP contribution in [0.5, 0.6) is 0 Å². The maximum atomic E-state index is 5.13. The summed E-state index contributed by atoms with van der Waals surface area (Å²) < 4.78 is 10.0. The Morgan fingerprint density at radius 3 is 3.33 bits per heavy atom. The van der Waals surface area contributed by atoms with Crippen LogP contribution in [0.15, 0.2) is 16.9 Å². The molecule has 0 saturated heterocycles. The SMILES string of the molecule is C[I-]OCc1ncco1. The molecule has 52 valence electrons. The second-order valence-corrected chi connectivity index (χ2v) is 2.84. The molecule has 1 aromatic rings. The van der Waals surface area contributed by atoms with Crippen LogP contribution in [-0.4, -0.2) is 9.91 Å². The molecule has 4 heteroatoms. The quantitative estimate of drug-likeness (QED) is 0.445. The van der Waals surface area contributed by atoms with Crippen molar-refractivity contribution >= 4 is 0 Å². The van der Waals surface area contributed by atoms with E-state index in [4.69, 9.17) is 7.48 Å². The van der Waals surface area contributed by atoms with Crippen LogP contribution in [0.2, 0.25) is 0 Å². The van der Waals surface area contributed by atoms with Gasteiger partial charge in [-0.05, 0) is 0 Å². The molecule has 1 heterocycles. The number of hydrogen-bond donors (Lipinski definition) is 0. The Morgan fingerprint density at radius 2 is 2.78 bits per heavy atom. The van der Waals surface area contributed by atoms with Gasteiger partial charge < -0.3 is 0 Å². The van der Waals surface area contributed by atoms with Gasteiger partial charge in [-0.1, -0.05) is 0 Å². The van der Waals surface area contributed by atoms with E-state index in [1.807, 2.05) is 4.93 Å². The van der Waals surface area contributed by atoms with E-state index in [1.165, 1.54) is 0 Å². The molecule has 0 unspecified atom stereocenters. The molecule has 0 spiro atoms. The minimum absolute atomic E-state index is 0.0992. The van der Waals surface area contributed by atoms with E-state index in [0.29, 0.717) is 12.5 Å². The fourth-order valence-electron chi connectivity index (χ4n) is 0.425. The Balaban J connectivity index is 2.30. The van der Waals surface area contributed by atoms with Gasteiger partial charge in [0.15, 0.2) is 0 Å². The number of alkyl halides is 1. The topological polar surface area (TPSA) is 35.3 Å². The molecule has 0 atom stereocenters. The zero-order chi connectivity index (χ0) is 6.53. The molecule has 3 nitrogen and oxygen atoms in total. The van der Waals surface area contributed by atoms with E-state index < -0.39 is 0 Å². The third-order valence-corrected chi connectivity index (χ3v) is 1.70. The normalized spacial score (nSPS) is 10.3. The molecule has 0 aliphatic heterocycles. The van der Waals surface area contributed by atoms with E-state index in [9.17, 15) is 0 Å². The second-order valence-electron chi connectivity index (χ2n) is 1.33. The average molecular weight is 240 g/mol. The first-order valence-corrected chi connectivity index (χ1v) is 5.47. The summed E-state index contributed by atoms with van der Waals surface area (Å²) >= 11 is -0.0992. The van der Waals surface area contributed by atoms with E-state index >= 15 is 0 Å². The Bertz CT molecular complexity index is 152. The molecule has 0 aliphatic rings. The van der Waals surface area contributed by atoms with Gasteiger partial charge in [0.05, 0.1) is 0 Å². The number of nitrogens with zero attached hydrogens (tertiary/aromatic N) is 1. The number of rotatable bonds is 3. The zero-order valence-electron chi connectivity index (χ0n) is 5.00. The third kappa shape index (κ3) is 2.31. The first-order valence-electron chi connectivity index (χ1n) is 2.43. The molecule has 0 amide bonds. The Morgan fingerprint density at radius 1 is 1.89 bits per heavy atom. The summed E-state index contributed by atoms with van der Waals surface area (Å²) in [6.07, 6.45) is 3.17. The summed E-state index contributed by atoms with van der Waals surface area (Å²) in [5, 5.41) is 0. The van der Waals surface area contributed by atoms with Crippen LogP contribution < -0.4 is 21.6 Å². The van der Waals surface area contributed by atoms with Crippen molar-refractivity contribution in [3.63, 3.8) is 0 Å². The van der Waals surface area contributed by atoms with Crippen molar-refractivity contribution in [1.82, 2.24) is 4.98 Å². The van der Waals surface area contributed by atoms with Gasteiger partial charge in [0.25, 0.3) is 0 Å². The number of oxazole rings is 1. The van der Waals surface area contributed by atoms with Crippen molar-refractivity contribution in [2.75, 3.05) is 4.93 Å². The number of halogens is 1. The molecule has 0 saturated carbocycles. The summed E-state index contributed by atoms with van der Waals surface area (Å²) in [6.45, 7) is 0.525. The molecule has 0 aliphatic carbocycles. The van der Waals surface area contributed by atoms with E-state index in [2.05, 4.69) is 4.98 Å². The monoisotopic (exact) mass is 240 g/mol. The van der Waals surface area contributed by atoms with Gasteiger partial charge in [-0.2, -0.15) is 0 Å². The van der Waals surface area contributed by atoms with Crippen molar-refractivity contribution in [2.45, 2.75) is 6.61 Å². The predicted molar refractivity (Wildman–Crippen MR) is 27.2 cm³/mol. The van der Waals surface area contributed by atoms with Gasteiger partial charge in [-0.25, -0.2) is 0 Å². The molecule has 9 heavy (non-hydrogen) atoms. The van der Waals surface area contributed by atoms with Crippen molar-refractivity contribution in [1.29, 1.82) is 0 Å². The minimum atomic E-state index is -0.0992. The fourth-order valence-corrected chi connectivity index (χ4v) is 1.00. The summed E-state index contributed by atoms with van der Waals surface area (Å²) in [5.74, 6) is 0.663. The molecule has 1 aromatic heterocycles. The van der Waals surface area contributed by atoms with Crippen LogP contribution in [0, 0.1) is 0 Å².